The summed E-state index contributed by atoms with van der Waals surface area (Å²) in [6.45, 7) is 35.8. The fourth-order valence-corrected chi connectivity index (χ4v) is 5.77. The monoisotopic (exact) mass is 1220 g/mol. The zero-order valence-electron chi connectivity index (χ0n) is 53.2. The first kappa shape index (κ1) is 81.2. The third-order valence-electron chi connectivity index (χ3n) is 10.8. The van der Waals surface area contributed by atoms with E-state index in [2.05, 4.69) is 39.5 Å². The van der Waals surface area contributed by atoms with E-state index < -0.39 is 35.8 Å². The van der Waals surface area contributed by atoms with Crippen molar-refractivity contribution >= 4 is 71.4 Å². The summed E-state index contributed by atoms with van der Waals surface area (Å²) >= 11 is 0. The number of methoxy groups -OCH3 is 1. The smallest absolute Gasteiger partial charge is 0.333 e. The van der Waals surface area contributed by atoms with Gasteiger partial charge < -0.3 is 33.2 Å². The van der Waals surface area contributed by atoms with Crippen molar-refractivity contribution in [2.45, 2.75) is 81.1 Å². The Balaban J connectivity index is 0. The molecule has 0 amide bonds. The number of hydrogen-bond acceptors (Lipinski definition) is 16. The van der Waals surface area contributed by atoms with Gasteiger partial charge in [-0.25, -0.2) is 28.8 Å². The predicted octanol–water partition coefficient (Wildman–Crippen LogP) is 14.1. The van der Waals surface area contributed by atoms with E-state index in [1.54, 1.807) is 77.3 Å². The molecule has 0 saturated heterocycles. The topological polar surface area (TPSA) is 218 Å². The average molecular weight is 1220 g/mol. The largest absolute Gasteiger partial charge is 0.497 e. The zero-order valence-corrected chi connectivity index (χ0v) is 53.2. The van der Waals surface area contributed by atoms with Gasteiger partial charge in [0.05, 0.1) is 46.8 Å². The molecule has 0 heterocycles. The lowest BCUT2D eigenvalue weighted by Crippen LogP contribution is -2.18. The van der Waals surface area contributed by atoms with Crippen molar-refractivity contribution in [1.29, 1.82) is 0 Å². The molecule has 0 aromatic heterocycles. The van der Waals surface area contributed by atoms with Crippen molar-refractivity contribution in [3.8, 4) is 5.75 Å². The second-order valence-electron chi connectivity index (χ2n) is 19.7. The third-order valence-corrected chi connectivity index (χ3v) is 10.8. The van der Waals surface area contributed by atoms with Gasteiger partial charge in [-0.2, -0.15) is 0 Å². The van der Waals surface area contributed by atoms with Gasteiger partial charge in [-0.05, 0) is 104 Å². The van der Waals surface area contributed by atoms with Crippen LogP contribution in [0.15, 0.2) is 208 Å². The Labute approximate surface area is 527 Å². The lowest BCUT2D eigenvalue weighted by Gasteiger charge is -2.12. The van der Waals surface area contributed by atoms with E-state index in [1.807, 2.05) is 125 Å². The summed E-state index contributed by atoms with van der Waals surface area (Å²) in [5.41, 5.74) is 4.90. The Kier molecular flexibility index (Phi) is 46.9. The van der Waals surface area contributed by atoms with Crippen molar-refractivity contribution in [2.24, 2.45) is 17.8 Å². The van der Waals surface area contributed by atoms with Gasteiger partial charge in [-0.15, -0.1) is 0 Å². The van der Waals surface area contributed by atoms with Gasteiger partial charge in [-0.1, -0.05) is 171 Å². The molecule has 0 unspecified atom stereocenters. The van der Waals surface area contributed by atoms with Gasteiger partial charge >= 0.3 is 35.8 Å². The first-order valence-electron chi connectivity index (χ1n) is 28.6. The van der Waals surface area contributed by atoms with Crippen LogP contribution in [0.1, 0.15) is 108 Å². The Bertz CT molecular complexity index is 2810. The van der Waals surface area contributed by atoms with Crippen molar-refractivity contribution in [2.75, 3.05) is 46.8 Å². The van der Waals surface area contributed by atoms with E-state index in [4.69, 9.17) is 33.2 Å². The number of ether oxygens (including phenoxy) is 7. The summed E-state index contributed by atoms with van der Waals surface area (Å²) in [4.78, 5) is 99.6. The summed E-state index contributed by atoms with van der Waals surface area (Å²) in [6, 6.07) is 35.8. The number of ketones is 3. The molecule has 16 heteroatoms. The molecular weight excluding hydrogens is 1130 g/mol. The highest BCUT2D eigenvalue weighted by Gasteiger charge is 2.12. The number of esters is 6. The van der Waals surface area contributed by atoms with Crippen LogP contribution in [-0.2, 0) is 66.8 Å². The van der Waals surface area contributed by atoms with Crippen molar-refractivity contribution in [1.82, 2.24) is 0 Å². The molecule has 4 rings (SSSR count). The molecule has 0 N–H and O–H groups in total. The maximum atomic E-state index is 11.9. The first-order valence-corrected chi connectivity index (χ1v) is 28.6. The molecule has 0 atom stereocenters. The molecule has 4 aromatic carbocycles. The normalized spacial score (nSPS) is 10.0. The van der Waals surface area contributed by atoms with Gasteiger partial charge in [0.15, 0.2) is 17.3 Å². The van der Waals surface area contributed by atoms with Gasteiger partial charge in [0.2, 0.25) is 0 Å². The van der Waals surface area contributed by atoms with E-state index in [9.17, 15) is 43.2 Å². The first-order chi connectivity index (χ1) is 42.3. The van der Waals surface area contributed by atoms with Gasteiger partial charge in [-0.3, -0.25) is 14.4 Å². The van der Waals surface area contributed by atoms with Crippen molar-refractivity contribution in [3.05, 3.63) is 230 Å². The molecule has 478 valence electrons. The van der Waals surface area contributed by atoms with E-state index in [1.165, 1.54) is 18.2 Å². The lowest BCUT2D eigenvalue weighted by molar-refractivity contribution is -0.145. The number of carbonyl (C=O) groups is 9. The van der Waals surface area contributed by atoms with Crippen molar-refractivity contribution in [3.63, 3.8) is 0 Å². The predicted molar refractivity (Wildman–Crippen MR) is 352 cm³/mol. The minimum Gasteiger partial charge on any atom is -0.497 e. The van der Waals surface area contributed by atoms with Crippen LogP contribution in [0, 0.1) is 17.8 Å². The summed E-state index contributed by atoms with van der Waals surface area (Å²) in [7, 11) is 1.60. The molecule has 0 aliphatic carbocycles. The SMILES string of the molecule is C=C(C)C(=O)CCC.C=C(C)C(=O)OCC(C)COC(=O)C(=C)C.C=CC(=O)CCC.C=CC(=O)OCC(C)COC(=O)C=C.CC(COC(=O)/C=C/c1ccccc1)COC(=O)/C=C/c1ccccc1.COc1ccc(C(=O)C=Cc2ccccc2)cc1. The molecule has 0 fully saturated rings. The van der Waals surface area contributed by atoms with Crippen LogP contribution in [0.5, 0.6) is 5.75 Å². The van der Waals surface area contributed by atoms with E-state index in [0.29, 0.717) is 35.1 Å². The number of allylic oxidation sites excluding steroid dienone is 3. The number of benzene rings is 4. The van der Waals surface area contributed by atoms with E-state index in [0.717, 1.165) is 47.4 Å². The number of Topliss-reactive ketones (excluding diaryl/α,β-unsaturated/α-hetero) is 1. The van der Waals surface area contributed by atoms with Crippen molar-refractivity contribution < 1.29 is 76.3 Å². The summed E-state index contributed by atoms with van der Waals surface area (Å²) < 4.78 is 34.7. The van der Waals surface area contributed by atoms with E-state index >= 15 is 0 Å². The molecule has 0 aliphatic rings. The maximum Gasteiger partial charge on any atom is 0.333 e. The summed E-state index contributed by atoms with van der Waals surface area (Å²) in [5, 5.41) is 0. The fraction of sp³-hybridized carbons (Fsp3) is 0.301. The van der Waals surface area contributed by atoms with Crippen LogP contribution in [-0.4, -0.2) is 99.9 Å². The number of carbonyl (C=O) groups excluding carboxylic acids is 9. The van der Waals surface area contributed by atoms with Gasteiger partial charge in [0.25, 0.3) is 0 Å². The van der Waals surface area contributed by atoms with Gasteiger partial charge in [0, 0.05) is 71.6 Å². The Morgan fingerprint density at radius 2 is 0.742 bits per heavy atom. The zero-order chi connectivity index (χ0) is 67.4. The van der Waals surface area contributed by atoms with Crippen LogP contribution in [0.25, 0.3) is 18.2 Å². The van der Waals surface area contributed by atoms with Crippen LogP contribution < -0.4 is 4.74 Å². The Morgan fingerprint density at radius 3 is 1.01 bits per heavy atom. The van der Waals surface area contributed by atoms with E-state index in [-0.39, 0.29) is 74.7 Å². The highest BCUT2D eigenvalue weighted by Crippen LogP contribution is 2.13. The second-order valence-corrected chi connectivity index (χ2v) is 19.7. The number of hydrogen-bond donors (Lipinski definition) is 0. The molecule has 0 bridgehead atoms. The van der Waals surface area contributed by atoms with Crippen LogP contribution in [0.3, 0.4) is 0 Å². The molecule has 4 aromatic rings. The summed E-state index contributed by atoms with van der Waals surface area (Å²) in [5.74, 6) is -1.77. The molecule has 0 aliphatic heterocycles. The quantitative estimate of drug-likeness (QED) is 0.0205. The average Bonchev–Trinajstić information content (AvgIpc) is 3.63. The molecule has 16 nitrogen and oxygen atoms in total. The fourth-order valence-electron chi connectivity index (χ4n) is 5.77. The Hall–Kier alpha value is -9.83. The standard InChI is InChI=1S/C22H22O4.C16H14O2.C12H18O4.C10H14O4.C7H12O.C6H10O/c1-18(16-25-21(23)14-12-19-8-4-2-5-9-19)17-26-22(24)15-13-20-10-6-3-7-11-20;1-18-15-10-8-14(9-11-15)16(17)12-7-13-5-3-2-4-6-13;1-8(2)11(13)15-6-10(5)7-16-12(14)9(3)4;1-4-9(11)13-6-8(3)7-14-10(12)5-2;1-4-5-7(8)6(2)3;1-3-5-6(7)4-2/h2-15,18H,16-17H2,1H3;2-12H,1H3;10H,1,3,6-7H2,2,4-5H3;4-5,8H,1-2,6-7H2,3H3;2,4-5H2,1,3H3;4H,2-3,5H2,1H3/b14-12+,15-13+;;;;;. The molecule has 0 saturated carbocycles. The lowest BCUT2D eigenvalue weighted by atomic mass is 10.1. The third kappa shape index (κ3) is 46.1. The van der Waals surface area contributed by atoms with Crippen LogP contribution in [0.4, 0.5) is 0 Å². The second kappa shape index (κ2) is 51.4. The van der Waals surface area contributed by atoms with Gasteiger partial charge in [0.1, 0.15) is 5.75 Å². The minimum absolute atomic E-state index is 0.0125. The molecule has 0 radical (unpaired) electrons. The highest BCUT2D eigenvalue weighted by molar-refractivity contribution is 6.06. The minimum atomic E-state index is -0.480. The van der Waals surface area contributed by atoms with Crippen LogP contribution >= 0.6 is 0 Å². The molecule has 0 spiro atoms. The highest BCUT2D eigenvalue weighted by atomic mass is 16.6. The Morgan fingerprint density at radius 1 is 0.416 bits per heavy atom. The number of rotatable bonds is 30. The molecule has 89 heavy (non-hydrogen) atoms. The maximum absolute atomic E-state index is 11.9. The molecular formula is C73H90O16. The summed E-state index contributed by atoms with van der Waals surface area (Å²) in [6.07, 6.45) is 16.2. The van der Waals surface area contributed by atoms with Crippen LogP contribution in [0.2, 0.25) is 0 Å².